The summed E-state index contributed by atoms with van der Waals surface area (Å²) < 4.78 is 0. The molecule has 0 saturated carbocycles. The van der Waals surface area contributed by atoms with Gasteiger partial charge in [0.05, 0.1) is 0 Å². The topological polar surface area (TPSA) is 0 Å². The molecule has 0 aromatic carbocycles. The zero-order valence-corrected chi connectivity index (χ0v) is 8.07. The molecule has 0 aromatic rings. The first-order valence-corrected chi connectivity index (χ1v) is 3.88. The maximum Gasteiger partial charge on any atom is -0.0138 e. The van der Waals surface area contributed by atoms with E-state index in [1.165, 1.54) is 5.57 Å². The van der Waals surface area contributed by atoms with Gasteiger partial charge in [-0.2, -0.15) is 0 Å². The lowest BCUT2D eigenvalue weighted by Crippen LogP contribution is -2.06. The van der Waals surface area contributed by atoms with E-state index >= 15 is 0 Å². The third kappa shape index (κ3) is 3.82. The zero-order valence-electron chi connectivity index (χ0n) is 8.07. The van der Waals surface area contributed by atoms with E-state index in [1.54, 1.807) is 0 Å². The normalized spacial score (nSPS) is 12.9. The molecular formula is C11H18. The van der Waals surface area contributed by atoms with Crippen LogP contribution >= 0.6 is 0 Å². The summed E-state index contributed by atoms with van der Waals surface area (Å²) in [6, 6.07) is 0. The summed E-state index contributed by atoms with van der Waals surface area (Å²) in [5.74, 6) is 0. The molecule has 0 unspecified atom stereocenters. The van der Waals surface area contributed by atoms with Crippen molar-refractivity contribution in [2.24, 2.45) is 5.41 Å². The smallest absolute Gasteiger partial charge is 0.0138 e. The lowest BCUT2D eigenvalue weighted by Gasteiger charge is -2.19. The van der Waals surface area contributed by atoms with Gasteiger partial charge in [-0.25, -0.2) is 0 Å². The lowest BCUT2D eigenvalue weighted by atomic mass is 9.86. The number of hydrogen-bond donors (Lipinski definition) is 0. The summed E-state index contributed by atoms with van der Waals surface area (Å²) in [5.41, 5.74) is 2.49. The predicted molar refractivity (Wildman–Crippen MR) is 52.5 cm³/mol. The molecule has 0 amide bonds. The van der Waals surface area contributed by atoms with Gasteiger partial charge in [0, 0.05) is 0 Å². The zero-order chi connectivity index (χ0) is 9.07. The van der Waals surface area contributed by atoms with Crippen LogP contribution in [0.15, 0.2) is 36.5 Å². The van der Waals surface area contributed by atoms with Crippen LogP contribution in [0.1, 0.15) is 27.7 Å². The first-order valence-electron chi connectivity index (χ1n) is 3.88. The molecule has 0 heteroatoms. The average molecular weight is 150 g/mol. The lowest BCUT2D eigenvalue weighted by molar-refractivity contribution is 0.518. The molecular weight excluding hydrogens is 132 g/mol. The molecule has 0 atom stereocenters. The van der Waals surface area contributed by atoms with Gasteiger partial charge in [0.1, 0.15) is 0 Å². The Morgan fingerprint density at radius 1 is 1.27 bits per heavy atom. The minimum absolute atomic E-state index is 0.171. The quantitative estimate of drug-likeness (QED) is 0.526. The van der Waals surface area contributed by atoms with Crippen LogP contribution in [0, 0.1) is 5.41 Å². The minimum Gasteiger partial charge on any atom is -0.0988 e. The molecule has 0 spiro atoms. The first-order chi connectivity index (χ1) is 4.88. The van der Waals surface area contributed by atoms with Crippen molar-refractivity contribution in [3.05, 3.63) is 36.5 Å². The van der Waals surface area contributed by atoms with E-state index in [0.29, 0.717) is 0 Å². The summed E-state index contributed by atoms with van der Waals surface area (Å²) in [5, 5.41) is 0. The number of rotatable bonds is 2. The van der Waals surface area contributed by atoms with Crippen molar-refractivity contribution in [2.45, 2.75) is 27.7 Å². The second kappa shape index (κ2) is 3.56. The second-order valence-electron chi connectivity index (χ2n) is 3.87. The van der Waals surface area contributed by atoms with E-state index in [0.717, 1.165) is 5.57 Å². The molecule has 0 fully saturated rings. The fraction of sp³-hybridized carbons (Fsp3) is 0.455. The molecule has 0 aliphatic heterocycles. The van der Waals surface area contributed by atoms with Crippen molar-refractivity contribution in [1.29, 1.82) is 0 Å². The van der Waals surface area contributed by atoms with Crippen LogP contribution in [0.3, 0.4) is 0 Å². The molecule has 0 rings (SSSR count). The monoisotopic (exact) mass is 150 g/mol. The van der Waals surface area contributed by atoms with Crippen LogP contribution in [0.25, 0.3) is 0 Å². The van der Waals surface area contributed by atoms with Crippen molar-refractivity contribution in [2.75, 3.05) is 0 Å². The Bertz CT molecular complexity index is 187. The van der Waals surface area contributed by atoms with Gasteiger partial charge in [0.25, 0.3) is 0 Å². The van der Waals surface area contributed by atoms with E-state index < -0.39 is 0 Å². The summed E-state index contributed by atoms with van der Waals surface area (Å²) >= 11 is 0. The average Bonchev–Trinajstić information content (AvgIpc) is 1.85. The molecule has 0 N–H and O–H groups in total. The Balaban J connectivity index is 4.42. The molecule has 0 aromatic heterocycles. The molecule has 62 valence electrons. The minimum atomic E-state index is 0.171. The summed E-state index contributed by atoms with van der Waals surface area (Å²) in [6.07, 6.45) is 3.92. The maximum absolute atomic E-state index is 3.99. The van der Waals surface area contributed by atoms with Crippen LogP contribution < -0.4 is 0 Å². The van der Waals surface area contributed by atoms with Gasteiger partial charge in [0.15, 0.2) is 0 Å². The van der Waals surface area contributed by atoms with Crippen LogP contribution in [0.2, 0.25) is 0 Å². The highest BCUT2D eigenvalue weighted by molar-refractivity contribution is 5.29. The van der Waals surface area contributed by atoms with Crippen LogP contribution in [0.4, 0.5) is 0 Å². The van der Waals surface area contributed by atoms with E-state index in [2.05, 4.69) is 40.0 Å². The highest BCUT2D eigenvalue weighted by Gasteiger charge is 2.11. The molecule has 0 aliphatic rings. The molecule has 0 heterocycles. The third-order valence-corrected chi connectivity index (χ3v) is 1.69. The molecule has 11 heavy (non-hydrogen) atoms. The van der Waals surface area contributed by atoms with Gasteiger partial charge in [-0.05, 0) is 17.9 Å². The molecule has 0 nitrogen and oxygen atoms in total. The van der Waals surface area contributed by atoms with Gasteiger partial charge in [-0.3, -0.25) is 0 Å². The van der Waals surface area contributed by atoms with E-state index in [1.807, 2.05) is 13.0 Å². The molecule has 0 bridgehead atoms. The number of allylic oxidation sites excluding steroid dienone is 4. The van der Waals surface area contributed by atoms with Crippen molar-refractivity contribution in [3.63, 3.8) is 0 Å². The standard InChI is InChI=1S/C11H18/c1-7-9(2)8-10(3)11(4,5)6/h7-8H,1,3H2,2,4-6H3/b9-8-. The van der Waals surface area contributed by atoms with Crippen molar-refractivity contribution >= 4 is 0 Å². The van der Waals surface area contributed by atoms with Crippen molar-refractivity contribution < 1.29 is 0 Å². The third-order valence-electron chi connectivity index (χ3n) is 1.69. The fourth-order valence-electron chi connectivity index (χ4n) is 0.550. The van der Waals surface area contributed by atoms with Crippen LogP contribution in [-0.2, 0) is 0 Å². The Kier molecular flexibility index (Phi) is 3.31. The number of hydrogen-bond acceptors (Lipinski definition) is 0. The van der Waals surface area contributed by atoms with Gasteiger partial charge in [-0.15, -0.1) is 0 Å². The van der Waals surface area contributed by atoms with Gasteiger partial charge in [0.2, 0.25) is 0 Å². The van der Waals surface area contributed by atoms with E-state index in [-0.39, 0.29) is 5.41 Å². The fourth-order valence-corrected chi connectivity index (χ4v) is 0.550. The van der Waals surface area contributed by atoms with Crippen LogP contribution in [-0.4, -0.2) is 0 Å². The molecule has 0 aliphatic carbocycles. The SMILES string of the molecule is C=C/C(C)=C\C(=C)C(C)(C)C. The second-order valence-corrected chi connectivity index (χ2v) is 3.87. The largest absolute Gasteiger partial charge is 0.0988 e. The highest BCUT2D eigenvalue weighted by Crippen LogP contribution is 2.25. The summed E-state index contributed by atoms with van der Waals surface area (Å²) in [4.78, 5) is 0. The van der Waals surface area contributed by atoms with Crippen molar-refractivity contribution in [3.8, 4) is 0 Å². The maximum atomic E-state index is 3.99. The summed E-state index contributed by atoms with van der Waals surface area (Å²) in [6.45, 7) is 16.2. The Labute approximate surface area is 70.3 Å². The first kappa shape index (κ1) is 10.2. The summed E-state index contributed by atoms with van der Waals surface area (Å²) in [7, 11) is 0. The Hall–Kier alpha value is -0.780. The molecule has 0 saturated heterocycles. The van der Waals surface area contributed by atoms with Crippen LogP contribution in [0.5, 0.6) is 0 Å². The van der Waals surface area contributed by atoms with Crippen molar-refractivity contribution in [1.82, 2.24) is 0 Å². The van der Waals surface area contributed by atoms with E-state index in [4.69, 9.17) is 0 Å². The Morgan fingerprint density at radius 3 is 2.00 bits per heavy atom. The van der Waals surface area contributed by atoms with E-state index in [9.17, 15) is 0 Å². The Morgan fingerprint density at radius 2 is 1.73 bits per heavy atom. The molecule has 0 radical (unpaired) electrons. The van der Waals surface area contributed by atoms with Gasteiger partial charge >= 0.3 is 0 Å². The predicted octanol–water partition coefficient (Wildman–Crippen LogP) is 3.72. The highest BCUT2D eigenvalue weighted by atomic mass is 14.2. The van der Waals surface area contributed by atoms with Gasteiger partial charge in [-0.1, -0.05) is 51.7 Å². The van der Waals surface area contributed by atoms with Gasteiger partial charge < -0.3 is 0 Å².